The Morgan fingerprint density at radius 1 is 0.969 bits per heavy atom. The van der Waals surface area contributed by atoms with Crippen molar-refractivity contribution >= 4 is 39.1 Å². The first-order valence-electron chi connectivity index (χ1n) is 10.5. The summed E-state index contributed by atoms with van der Waals surface area (Å²) in [5.74, 6) is -1.16. The summed E-state index contributed by atoms with van der Waals surface area (Å²) in [6.07, 6.45) is 0. The van der Waals surface area contributed by atoms with E-state index in [1.807, 2.05) is 67.6 Å². The lowest BCUT2D eigenvalue weighted by atomic mass is 9.94. The van der Waals surface area contributed by atoms with Gasteiger partial charge in [0.25, 0.3) is 11.7 Å². The minimum atomic E-state index is -0.718. The van der Waals surface area contributed by atoms with Crippen molar-refractivity contribution < 1.29 is 14.7 Å². The van der Waals surface area contributed by atoms with E-state index in [9.17, 15) is 14.7 Å². The van der Waals surface area contributed by atoms with Crippen molar-refractivity contribution in [3.05, 3.63) is 105 Å². The number of hydrogen-bond acceptors (Lipinski definition) is 3. The summed E-state index contributed by atoms with van der Waals surface area (Å²) in [5, 5.41) is 11.2. The van der Waals surface area contributed by atoms with E-state index in [-0.39, 0.29) is 11.3 Å². The molecule has 5 heteroatoms. The van der Waals surface area contributed by atoms with Gasteiger partial charge in [-0.1, -0.05) is 78.3 Å². The average molecular weight is 490 g/mol. The number of halogens is 1. The number of nitrogens with zero attached hydrogens (tertiary/aromatic N) is 1. The van der Waals surface area contributed by atoms with E-state index >= 15 is 0 Å². The number of ketones is 1. The molecular weight excluding hydrogens is 466 g/mol. The van der Waals surface area contributed by atoms with Gasteiger partial charge in [-0.25, -0.2) is 0 Å². The highest BCUT2D eigenvalue weighted by molar-refractivity contribution is 9.10. The van der Waals surface area contributed by atoms with E-state index in [0.717, 1.165) is 21.2 Å². The van der Waals surface area contributed by atoms with E-state index in [4.69, 9.17) is 0 Å². The molecule has 0 radical (unpaired) electrons. The monoisotopic (exact) mass is 489 g/mol. The van der Waals surface area contributed by atoms with Crippen molar-refractivity contribution in [2.24, 2.45) is 0 Å². The van der Waals surface area contributed by atoms with Crippen LogP contribution >= 0.6 is 15.9 Å². The molecule has 1 N–H and O–H groups in total. The van der Waals surface area contributed by atoms with Crippen LogP contribution in [0.4, 0.5) is 5.69 Å². The third-order valence-electron chi connectivity index (χ3n) is 5.83. The average Bonchev–Trinajstić information content (AvgIpc) is 3.06. The maximum atomic E-state index is 13.2. The first-order chi connectivity index (χ1) is 15.3. The Kier molecular flexibility index (Phi) is 6.02. The number of carbonyl (C=O) groups excluding carboxylic acids is 2. The molecule has 0 aromatic heterocycles. The van der Waals surface area contributed by atoms with Gasteiger partial charge in [-0.2, -0.15) is 0 Å². The van der Waals surface area contributed by atoms with Gasteiger partial charge in [0.1, 0.15) is 5.76 Å². The molecule has 3 aromatic carbocycles. The summed E-state index contributed by atoms with van der Waals surface area (Å²) < 4.78 is 0.902. The predicted molar refractivity (Wildman–Crippen MR) is 131 cm³/mol. The smallest absolute Gasteiger partial charge is 0.300 e. The van der Waals surface area contributed by atoms with Gasteiger partial charge in [0.15, 0.2) is 0 Å². The van der Waals surface area contributed by atoms with Crippen molar-refractivity contribution in [1.82, 2.24) is 0 Å². The molecule has 1 fully saturated rings. The Morgan fingerprint density at radius 2 is 1.62 bits per heavy atom. The molecule has 3 aromatic rings. The third kappa shape index (κ3) is 3.89. The molecule has 1 amide bonds. The van der Waals surface area contributed by atoms with Gasteiger partial charge in [0.2, 0.25) is 0 Å². The summed E-state index contributed by atoms with van der Waals surface area (Å²) in [6, 6.07) is 21.6. The molecular formula is C27H24BrNO3. The van der Waals surface area contributed by atoms with Crippen molar-refractivity contribution in [1.29, 1.82) is 0 Å². The number of rotatable bonds is 4. The molecule has 0 spiro atoms. The summed E-state index contributed by atoms with van der Waals surface area (Å²) >= 11 is 3.46. The molecule has 0 aliphatic carbocycles. The Hall–Kier alpha value is -3.18. The second kappa shape index (κ2) is 8.75. The second-order valence-corrected chi connectivity index (χ2v) is 9.14. The van der Waals surface area contributed by atoms with E-state index in [1.54, 1.807) is 12.1 Å². The van der Waals surface area contributed by atoms with Gasteiger partial charge in [-0.05, 0) is 53.8 Å². The molecule has 4 rings (SSSR count). The minimum Gasteiger partial charge on any atom is -0.507 e. The lowest BCUT2D eigenvalue weighted by Gasteiger charge is -2.26. The van der Waals surface area contributed by atoms with Crippen LogP contribution in [0.25, 0.3) is 5.76 Å². The molecule has 4 nitrogen and oxygen atoms in total. The van der Waals surface area contributed by atoms with Gasteiger partial charge in [-0.3, -0.25) is 14.5 Å². The minimum absolute atomic E-state index is 0.0934. The summed E-state index contributed by atoms with van der Waals surface area (Å²) in [4.78, 5) is 27.9. The number of anilines is 1. The fourth-order valence-electron chi connectivity index (χ4n) is 4.02. The van der Waals surface area contributed by atoms with Crippen LogP contribution in [0.2, 0.25) is 0 Å². The van der Waals surface area contributed by atoms with Gasteiger partial charge in [0, 0.05) is 15.7 Å². The van der Waals surface area contributed by atoms with Crippen LogP contribution in [-0.4, -0.2) is 16.8 Å². The van der Waals surface area contributed by atoms with Crippen LogP contribution in [0.3, 0.4) is 0 Å². The first kappa shape index (κ1) is 22.0. The number of benzene rings is 3. The zero-order chi connectivity index (χ0) is 23.0. The van der Waals surface area contributed by atoms with E-state index in [0.29, 0.717) is 17.2 Å². The zero-order valence-electron chi connectivity index (χ0n) is 18.2. The molecule has 0 saturated carbocycles. The Bertz CT molecular complexity index is 1210. The Morgan fingerprint density at radius 3 is 2.22 bits per heavy atom. The number of amides is 1. The Labute approximate surface area is 196 Å². The van der Waals surface area contributed by atoms with Crippen LogP contribution in [0, 0.1) is 6.92 Å². The van der Waals surface area contributed by atoms with Crippen LogP contribution < -0.4 is 4.90 Å². The zero-order valence-corrected chi connectivity index (χ0v) is 19.8. The maximum Gasteiger partial charge on any atom is 0.300 e. The highest BCUT2D eigenvalue weighted by Gasteiger charge is 2.46. The largest absolute Gasteiger partial charge is 0.507 e. The van der Waals surface area contributed by atoms with Crippen LogP contribution in [0.5, 0.6) is 0 Å². The van der Waals surface area contributed by atoms with Crippen molar-refractivity contribution in [2.75, 3.05) is 4.90 Å². The van der Waals surface area contributed by atoms with Gasteiger partial charge in [-0.15, -0.1) is 0 Å². The number of aryl methyl sites for hydroxylation is 1. The second-order valence-electron chi connectivity index (χ2n) is 8.29. The highest BCUT2D eigenvalue weighted by atomic mass is 79.9. The van der Waals surface area contributed by atoms with Gasteiger partial charge < -0.3 is 5.11 Å². The highest BCUT2D eigenvalue weighted by Crippen LogP contribution is 2.42. The summed E-state index contributed by atoms with van der Waals surface area (Å²) in [7, 11) is 0. The SMILES string of the molecule is Cc1cc(/C(O)=C2/C(=O)C(=O)N(c3ccc(C(C)C)cc3)C2c2ccccc2)ccc1Br. The number of hydrogen-bond donors (Lipinski definition) is 1. The van der Waals surface area contributed by atoms with Crippen molar-refractivity contribution in [3.8, 4) is 0 Å². The van der Waals surface area contributed by atoms with Crippen LogP contribution in [-0.2, 0) is 9.59 Å². The molecule has 1 saturated heterocycles. The fourth-order valence-corrected chi connectivity index (χ4v) is 4.26. The van der Waals surface area contributed by atoms with E-state index < -0.39 is 17.7 Å². The molecule has 1 heterocycles. The standard InChI is InChI=1S/C27H24BrNO3/c1-16(2)18-9-12-21(13-10-18)29-24(19-7-5-4-6-8-19)23(26(31)27(29)32)25(30)20-11-14-22(28)17(3)15-20/h4-16,24,30H,1-3H3/b25-23-. The van der Waals surface area contributed by atoms with Crippen LogP contribution in [0.15, 0.2) is 82.8 Å². The normalized spacial score (nSPS) is 17.9. The van der Waals surface area contributed by atoms with Gasteiger partial charge >= 0.3 is 0 Å². The predicted octanol–water partition coefficient (Wildman–Crippen LogP) is 6.51. The quantitative estimate of drug-likeness (QED) is 0.258. The lowest BCUT2D eigenvalue weighted by molar-refractivity contribution is -0.132. The summed E-state index contributed by atoms with van der Waals surface area (Å²) in [5.41, 5.74) is 4.04. The number of carbonyl (C=O) groups is 2. The van der Waals surface area contributed by atoms with Crippen LogP contribution in [0.1, 0.15) is 48.1 Å². The number of Topliss-reactive ketones (excluding diaryl/α,β-unsaturated/α-hetero) is 1. The first-order valence-corrected chi connectivity index (χ1v) is 11.3. The fraction of sp³-hybridized carbons (Fsp3) is 0.185. The molecule has 1 unspecified atom stereocenters. The lowest BCUT2D eigenvalue weighted by Crippen LogP contribution is -2.29. The number of aliphatic hydroxyl groups excluding tert-OH is 1. The molecule has 1 aliphatic heterocycles. The number of aliphatic hydroxyl groups is 1. The molecule has 0 bridgehead atoms. The van der Waals surface area contributed by atoms with Crippen molar-refractivity contribution in [2.45, 2.75) is 32.7 Å². The molecule has 32 heavy (non-hydrogen) atoms. The molecule has 1 atom stereocenters. The maximum absolute atomic E-state index is 13.2. The van der Waals surface area contributed by atoms with E-state index in [2.05, 4.69) is 29.8 Å². The third-order valence-corrected chi connectivity index (χ3v) is 6.72. The summed E-state index contributed by atoms with van der Waals surface area (Å²) in [6.45, 7) is 6.11. The van der Waals surface area contributed by atoms with E-state index in [1.165, 1.54) is 4.90 Å². The van der Waals surface area contributed by atoms with Crippen molar-refractivity contribution in [3.63, 3.8) is 0 Å². The molecule has 162 valence electrons. The topological polar surface area (TPSA) is 57.6 Å². The Balaban J connectivity index is 1.90. The van der Waals surface area contributed by atoms with Gasteiger partial charge in [0.05, 0.1) is 11.6 Å². The molecule has 1 aliphatic rings.